The number of benzene rings is 2. The smallest absolute Gasteiger partial charge is 0.235 e. The van der Waals surface area contributed by atoms with E-state index in [9.17, 15) is 4.79 Å². The van der Waals surface area contributed by atoms with E-state index in [1.807, 2.05) is 18.2 Å². The molecule has 2 aromatic carbocycles. The van der Waals surface area contributed by atoms with Crippen LogP contribution in [0, 0.1) is 19.3 Å². The molecule has 0 fully saturated rings. The van der Waals surface area contributed by atoms with Crippen LogP contribution in [0.4, 0.5) is 0 Å². The third-order valence-electron chi connectivity index (χ3n) is 3.43. The van der Waals surface area contributed by atoms with Gasteiger partial charge in [0.05, 0.1) is 0 Å². The van der Waals surface area contributed by atoms with Crippen LogP contribution in [-0.2, 0) is 6.42 Å². The molecule has 0 amide bonds. The van der Waals surface area contributed by atoms with E-state index < -0.39 is 0 Å². The quantitative estimate of drug-likeness (QED) is 0.357. The summed E-state index contributed by atoms with van der Waals surface area (Å²) in [6.45, 7) is 2.09. The van der Waals surface area contributed by atoms with Crippen LogP contribution in [0.1, 0.15) is 27.0 Å². The Morgan fingerprint density at radius 3 is 2.50 bits per heavy atom. The maximum absolute atomic E-state index is 11.5. The molecule has 0 heterocycles. The van der Waals surface area contributed by atoms with E-state index in [-0.39, 0.29) is 5.78 Å². The van der Waals surface area contributed by atoms with Crippen molar-refractivity contribution in [1.82, 2.24) is 0 Å². The number of ketones is 1. The normalized spacial score (nSPS) is 11.6. The fourth-order valence-corrected chi connectivity index (χ4v) is 2.56. The average molecular weight is 232 g/mol. The summed E-state index contributed by atoms with van der Waals surface area (Å²) in [6.07, 6.45) is 6.04. The van der Waals surface area contributed by atoms with Crippen LogP contribution in [0.3, 0.4) is 0 Å². The number of fused-ring (bicyclic) bond motifs is 3. The van der Waals surface area contributed by atoms with Gasteiger partial charge in [0.15, 0.2) is 0 Å². The molecule has 0 bridgehead atoms. The summed E-state index contributed by atoms with van der Waals surface area (Å²) in [6, 6.07) is 12.2. The molecular formula is C17H12O. The minimum Gasteiger partial charge on any atom is -0.279 e. The van der Waals surface area contributed by atoms with Crippen LogP contribution in [-0.4, -0.2) is 5.78 Å². The highest BCUT2D eigenvalue weighted by Gasteiger charge is 2.19. The van der Waals surface area contributed by atoms with Gasteiger partial charge in [-0.1, -0.05) is 29.8 Å². The van der Waals surface area contributed by atoms with Gasteiger partial charge in [0.1, 0.15) is 0 Å². The monoisotopic (exact) mass is 232 g/mol. The number of hydrogen-bond donors (Lipinski definition) is 0. The largest absolute Gasteiger partial charge is 0.279 e. The minimum atomic E-state index is -0.245. The lowest BCUT2D eigenvalue weighted by Crippen LogP contribution is -1.95. The summed E-state index contributed by atoms with van der Waals surface area (Å²) in [5.74, 6) is 1.92. The van der Waals surface area contributed by atoms with Gasteiger partial charge in [-0.2, -0.15) is 0 Å². The zero-order valence-corrected chi connectivity index (χ0v) is 10.2. The second-order valence-corrected chi connectivity index (χ2v) is 4.68. The van der Waals surface area contributed by atoms with E-state index in [2.05, 4.69) is 31.0 Å². The number of terminal acetylenes is 1. The summed E-state index contributed by atoms with van der Waals surface area (Å²) < 4.78 is 0. The first-order chi connectivity index (χ1) is 8.69. The van der Waals surface area contributed by atoms with Gasteiger partial charge in [0, 0.05) is 5.56 Å². The highest BCUT2D eigenvalue weighted by molar-refractivity contribution is 6.09. The van der Waals surface area contributed by atoms with Crippen molar-refractivity contribution >= 4 is 5.78 Å². The molecule has 0 N–H and O–H groups in total. The molecule has 0 saturated carbocycles. The number of hydrogen-bond acceptors (Lipinski definition) is 1. The zero-order chi connectivity index (χ0) is 12.7. The molecule has 0 aromatic heterocycles. The molecule has 0 spiro atoms. The van der Waals surface area contributed by atoms with Gasteiger partial charge in [-0.05, 0) is 53.7 Å². The maximum atomic E-state index is 11.5. The molecule has 2 aromatic rings. The number of rotatable bonds is 1. The van der Waals surface area contributed by atoms with Crippen molar-refractivity contribution in [2.24, 2.45) is 0 Å². The first-order valence-electron chi connectivity index (χ1n) is 5.93. The van der Waals surface area contributed by atoms with Gasteiger partial charge in [-0.15, -0.1) is 6.42 Å². The summed E-state index contributed by atoms with van der Waals surface area (Å²) in [5.41, 5.74) is 6.89. The van der Waals surface area contributed by atoms with Crippen LogP contribution in [0.5, 0.6) is 0 Å². The van der Waals surface area contributed by atoms with Crippen molar-refractivity contribution < 1.29 is 4.79 Å². The van der Waals surface area contributed by atoms with Gasteiger partial charge in [0.2, 0.25) is 5.78 Å². The Bertz CT molecular complexity index is 702. The maximum Gasteiger partial charge on any atom is 0.235 e. The molecule has 0 unspecified atom stereocenters. The molecule has 0 aliphatic heterocycles. The van der Waals surface area contributed by atoms with E-state index in [0.717, 1.165) is 6.42 Å². The Labute approximate surface area is 106 Å². The van der Waals surface area contributed by atoms with E-state index in [0.29, 0.717) is 5.56 Å². The number of aryl methyl sites for hydroxylation is 1. The van der Waals surface area contributed by atoms with Gasteiger partial charge < -0.3 is 0 Å². The average Bonchev–Trinajstić information content (AvgIpc) is 2.73. The van der Waals surface area contributed by atoms with Crippen LogP contribution in [0.15, 0.2) is 36.4 Å². The second-order valence-electron chi connectivity index (χ2n) is 4.68. The molecule has 3 rings (SSSR count). The molecule has 1 heteroatoms. The Morgan fingerprint density at radius 1 is 1.11 bits per heavy atom. The molecule has 0 atom stereocenters. The van der Waals surface area contributed by atoms with Crippen molar-refractivity contribution in [3.63, 3.8) is 0 Å². The van der Waals surface area contributed by atoms with Crippen LogP contribution >= 0.6 is 0 Å². The SMILES string of the molecule is C#CC(=O)c1ccc2c(c1)Cc1cc(C)ccc1-2. The van der Waals surface area contributed by atoms with Crippen LogP contribution in [0.25, 0.3) is 11.1 Å². The predicted molar refractivity (Wildman–Crippen MR) is 72.6 cm³/mol. The highest BCUT2D eigenvalue weighted by Crippen LogP contribution is 2.37. The fourth-order valence-electron chi connectivity index (χ4n) is 2.56. The standard InChI is InChI=1S/C17H12O/c1-3-17(18)12-5-7-16-14(9-12)10-13-8-11(2)4-6-15(13)16/h1,4-9H,10H2,2H3. The van der Waals surface area contributed by atoms with Crippen LogP contribution in [0.2, 0.25) is 0 Å². The summed E-state index contributed by atoms with van der Waals surface area (Å²) in [4.78, 5) is 11.5. The topological polar surface area (TPSA) is 17.1 Å². The summed E-state index contributed by atoms with van der Waals surface area (Å²) >= 11 is 0. The first kappa shape index (κ1) is 10.8. The molecule has 1 nitrogen and oxygen atoms in total. The summed E-state index contributed by atoms with van der Waals surface area (Å²) in [5, 5.41) is 0. The van der Waals surface area contributed by atoms with Crippen molar-refractivity contribution in [3.05, 3.63) is 58.7 Å². The third-order valence-corrected chi connectivity index (χ3v) is 3.43. The predicted octanol–water partition coefficient (Wildman–Crippen LogP) is 3.38. The molecule has 1 aliphatic carbocycles. The lowest BCUT2D eigenvalue weighted by molar-refractivity contribution is 0.105. The van der Waals surface area contributed by atoms with Crippen LogP contribution < -0.4 is 0 Å². The summed E-state index contributed by atoms with van der Waals surface area (Å²) in [7, 11) is 0. The number of carbonyl (C=O) groups is 1. The molecule has 0 saturated heterocycles. The number of carbonyl (C=O) groups excluding carboxylic acids is 1. The van der Waals surface area contributed by atoms with Crippen molar-refractivity contribution in [1.29, 1.82) is 0 Å². The van der Waals surface area contributed by atoms with Gasteiger partial charge in [0.25, 0.3) is 0 Å². The Hall–Kier alpha value is -2.33. The lowest BCUT2D eigenvalue weighted by Gasteiger charge is -2.02. The van der Waals surface area contributed by atoms with Gasteiger partial charge in [-0.3, -0.25) is 4.79 Å². The fraction of sp³-hybridized carbons (Fsp3) is 0.118. The highest BCUT2D eigenvalue weighted by atomic mass is 16.1. The van der Waals surface area contributed by atoms with Crippen molar-refractivity contribution in [2.45, 2.75) is 13.3 Å². The molecule has 0 radical (unpaired) electrons. The van der Waals surface area contributed by atoms with Gasteiger partial charge >= 0.3 is 0 Å². The van der Waals surface area contributed by atoms with Gasteiger partial charge in [-0.25, -0.2) is 0 Å². The Morgan fingerprint density at radius 2 is 1.78 bits per heavy atom. The van der Waals surface area contributed by atoms with E-state index >= 15 is 0 Å². The molecule has 1 aliphatic rings. The molecule has 86 valence electrons. The third kappa shape index (κ3) is 1.55. The van der Waals surface area contributed by atoms with E-state index in [1.54, 1.807) is 0 Å². The van der Waals surface area contributed by atoms with Crippen molar-refractivity contribution in [3.8, 4) is 23.5 Å². The zero-order valence-electron chi connectivity index (χ0n) is 10.2. The van der Waals surface area contributed by atoms with Crippen molar-refractivity contribution in [2.75, 3.05) is 0 Å². The van der Waals surface area contributed by atoms with E-state index in [1.165, 1.54) is 27.8 Å². The minimum absolute atomic E-state index is 0.245. The number of Topliss-reactive ketones (excluding diaryl/α,β-unsaturated/α-hetero) is 1. The molecular weight excluding hydrogens is 220 g/mol. The van der Waals surface area contributed by atoms with E-state index in [4.69, 9.17) is 6.42 Å². The Kier molecular flexibility index (Phi) is 2.31. The second kappa shape index (κ2) is 3.85. The lowest BCUT2D eigenvalue weighted by atomic mass is 10.0. The Balaban J connectivity index is 2.12. The molecule has 18 heavy (non-hydrogen) atoms. The first-order valence-corrected chi connectivity index (χ1v) is 5.93.